The summed E-state index contributed by atoms with van der Waals surface area (Å²) in [6.45, 7) is 13.3. The van der Waals surface area contributed by atoms with Crippen LogP contribution in [0.5, 0.6) is 0 Å². The average Bonchev–Trinajstić information content (AvgIpc) is 2.72. The third-order valence-corrected chi connectivity index (χ3v) is 5.81. The van der Waals surface area contributed by atoms with E-state index < -0.39 is 10.8 Å². The number of allylic oxidation sites excluding steroid dienone is 1. The molecule has 30 heavy (non-hydrogen) atoms. The van der Waals surface area contributed by atoms with Crippen molar-refractivity contribution in [2.45, 2.75) is 58.5 Å². The summed E-state index contributed by atoms with van der Waals surface area (Å²) < 4.78 is 11.8. The second kappa shape index (κ2) is 10.6. The molecule has 0 aliphatic carbocycles. The number of amides is 1. The first kappa shape index (κ1) is 23.9. The number of hydrogen-bond acceptors (Lipinski definition) is 6. The average molecular weight is 451 g/mol. The van der Waals surface area contributed by atoms with Gasteiger partial charge in [-0.25, -0.2) is 15.0 Å². The summed E-state index contributed by atoms with van der Waals surface area (Å²) in [5.41, 5.74) is 1.58. The summed E-state index contributed by atoms with van der Waals surface area (Å²) in [7, 11) is -1.11. The monoisotopic (exact) mass is 450 g/mol. The molecule has 2 atom stereocenters. The lowest BCUT2D eigenvalue weighted by atomic mass is 10.1. The van der Waals surface area contributed by atoms with Gasteiger partial charge in [0.25, 0.3) is 5.91 Å². The van der Waals surface area contributed by atoms with E-state index in [0.29, 0.717) is 28.0 Å². The molecule has 0 spiro atoms. The molecule has 1 saturated heterocycles. The molecule has 1 amide bonds. The number of hydrogen-bond donors (Lipinski definition) is 1. The summed E-state index contributed by atoms with van der Waals surface area (Å²) in [4.78, 5) is 32.4. The van der Waals surface area contributed by atoms with Crippen molar-refractivity contribution in [3.05, 3.63) is 41.2 Å². The summed E-state index contributed by atoms with van der Waals surface area (Å²) in [6, 6.07) is -0.117. The lowest BCUT2D eigenvalue weighted by Gasteiger charge is -2.36. The fraction of sp³-hybridized carbons (Fsp3) is 0.450. The van der Waals surface area contributed by atoms with E-state index in [1.54, 1.807) is 4.90 Å². The zero-order chi connectivity index (χ0) is 22.4. The molecule has 10 heteroatoms. The number of rotatable bonds is 7. The smallest absolute Gasteiger partial charge is 0.295 e. The maximum atomic E-state index is 13.2. The zero-order valence-electron chi connectivity index (χ0n) is 17.9. The van der Waals surface area contributed by atoms with Crippen LogP contribution in [0.4, 0.5) is 0 Å². The first-order valence-electron chi connectivity index (χ1n) is 9.64. The molecule has 2 unspecified atom stereocenters. The molecular formula is C20H27ClN6O2S. The number of halogens is 1. The molecule has 1 aliphatic heterocycles. The highest BCUT2D eigenvalue weighted by Gasteiger charge is 2.36. The normalized spacial score (nSPS) is 19.1. The Labute approximate surface area is 184 Å². The van der Waals surface area contributed by atoms with Gasteiger partial charge in [0.15, 0.2) is 11.7 Å². The first-order chi connectivity index (χ1) is 14.2. The van der Waals surface area contributed by atoms with Crippen molar-refractivity contribution in [1.82, 2.24) is 20.2 Å². The Hall–Kier alpha value is -2.39. The minimum absolute atomic E-state index is 0.0880. The third-order valence-electron chi connectivity index (χ3n) is 4.46. The van der Waals surface area contributed by atoms with Gasteiger partial charge in [0.2, 0.25) is 0 Å². The second-order valence-corrected chi connectivity index (χ2v) is 9.05. The fourth-order valence-electron chi connectivity index (χ4n) is 2.69. The maximum Gasteiger partial charge on any atom is 0.295 e. The summed E-state index contributed by atoms with van der Waals surface area (Å²) >= 11 is 5.93. The molecule has 162 valence electrons. The summed E-state index contributed by atoms with van der Waals surface area (Å²) in [6.07, 6.45) is 3.78. The van der Waals surface area contributed by atoms with Gasteiger partial charge >= 0.3 is 0 Å². The number of nitrogens with one attached hydrogen (secondary N) is 1. The quantitative estimate of drug-likeness (QED) is 0.643. The number of aliphatic imine (C=N–C) groups is 2. The molecule has 0 saturated carbocycles. The van der Waals surface area contributed by atoms with Gasteiger partial charge in [0, 0.05) is 24.2 Å². The predicted molar refractivity (Wildman–Crippen MR) is 121 cm³/mol. The van der Waals surface area contributed by atoms with Crippen molar-refractivity contribution in [1.29, 1.82) is 0 Å². The van der Waals surface area contributed by atoms with Crippen LogP contribution in [0.15, 0.2) is 50.3 Å². The maximum absolute atomic E-state index is 13.2. The van der Waals surface area contributed by atoms with Crippen LogP contribution in [0.25, 0.3) is 0 Å². The Balaban J connectivity index is 2.39. The second-order valence-electron chi connectivity index (χ2n) is 6.88. The van der Waals surface area contributed by atoms with E-state index in [0.717, 1.165) is 12.0 Å². The lowest BCUT2D eigenvalue weighted by Crippen LogP contribution is -2.57. The van der Waals surface area contributed by atoms with E-state index in [1.165, 1.54) is 12.4 Å². The minimum atomic E-state index is -1.11. The zero-order valence-corrected chi connectivity index (χ0v) is 19.5. The number of carbonyl (C=O) groups excluding carboxylic acids is 1. The molecule has 0 bridgehead atoms. The van der Waals surface area contributed by atoms with E-state index in [1.807, 2.05) is 34.6 Å². The van der Waals surface area contributed by atoms with Crippen molar-refractivity contribution < 1.29 is 9.00 Å². The topological polar surface area (TPSA) is 99.9 Å². The van der Waals surface area contributed by atoms with Crippen molar-refractivity contribution in [2.24, 2.45) is 9.98 Å². The van der Waals surface area contributed by atoms with E-state index >= 15 is 0 Å². The van der Waals surface area contributed by atoms with Gasteiger partial charge in [-0.1, -0.05) is 32.0 Å². The highest BCUT2D eigenvalue weighted by molar-refractivity contribution is 7.85. The third kappa shape index (κ3) is 5.60. The standard InChI is InChI=1S/C20H27ClN6O2S/c1-7-13(5)27-19(25-14(6)21)17(12(3)4)26-18(20(27)28)24-11-16-22-9-15(10-23-16)30(29)8-2/h9-10,13H,6-8,11H2,1-5H3,(H,24,26)/b25-19+. The van der Waals surface area contributed by atoms with Crippen LogP contribution in [0.1, 0.15) is 46.9 Å². The van der Waals surface area contributed by atoms with Crippen molar-refractivity contribution in [2.75, 3.05) is 5.75 Å². The van der Waals surface area contributed by atoms with Gasteiger partial charge in [-0.2, -0.15) is 0 Å². The largest absolute Gasteiger partial charge is 0.333 e. The Kier molecular flexibility index (Phi) is 8.43. The predicted octanol–water partition coefficient (Wildman–Crippen LogP) is 3.14. The lowest BCUT2D eigenvalue weighted by molar-refractivity contribution is -0.122. The highest BCUT2D eigenvalue weighted by atomic mass is 35.5. The van der Waals surface area contributed by atoms with Crippen molar-refractivity contribution >= 4 is 40.0 Å². The van der Waals surface area contributed by atoms with Gasteiger partial charge in [-0.05, 0) is 32.8 Å². The number of piperazine rings is 1. The number of aromatic nitrogens is 2. The molecule has 0 aromatic carbocycles. The van der Waals surface area contributed by atoms with Gasteiger partial charge in [-0.15, -0.1) is 0 Å². The van der Waals surface area contributed by atoms with E-state index in [2.05, 4.69) is 31.8 Å². The molecule has 0 radical (unpaired) electrons. The van der Waals surface area contributed by atoms with E-state index in [4.69, 9.17) is 11.6 Å². The number of carbonyl (C=O) groups is 1. The molecule has 2 rings (SSSR count). The van der Waals surface area contributed by atoms with Crippen LogP contribution in [0, 0.1) is 0 Å². The van der Waals surface area contributed by atoms with Crippen LogP contribution in [0.3, 0.4) is 0 Å². The van der Waals surface area contributed by atoms with E-state index in [-0.39, 0.29) is 29.5 Å². The van der Waals surface area contributed by atoms with Gasteiger partial charge in [0.1, 0.15) is 17.5 Å². The van der Waals surface area contributed by atoms with Crippen LogP contribution in [-0.2, 0) is 22.1 Å². The van der Waals surface area contributed by atoms with Crippen molar-refractivity contribution in [3.8, 4) is 0 Å². The fourth-order valence-corrected chi connectivity index (χ4v) is 3.44. The SMILES string of the molecule is C=C(Cl)/N=C1\C(=C(C)C)NC(=NCc2ncc(S(=O)CC)cn2)C(=O)N1C(C)CC. The van der Waals surface area contributed by atoms with Crippen molar-refractivity contribution in [3.63, 3.8) is 0 Å². The van der Waals surface area contributed by atoms with Crippen LogP contribution in [-0.4, -0.2) is 48.4 Å². The summed E-state index contributed by atoms with van der Waals surface area (Å²) in [5.74, 6) is 1.22. The molecule has 2 heterocycles. The molecule has 1 aliphatic rings. The first-order valence-corrected chi connectivity index (χ1v) is 11.3. The molecule has 1 aromatic heterocycles. The van der Waals surface area contributed by atoms with Gasteiger partial charge in [-0.3, -0.25) is 18.9 Å². The van der Waals surface area contributed by atoms with E-state index in [9.17, 15) is 9.00 Å². The Morgan fingerprint density at radius 1 is 1.33 bits per heavy atom. The van der Waals surface area contributed by atoms with Crippen LogP contribution >= 0.6 is 11.6 Å². The molecule has 1 fully saturated rings. The molecule has 1 aromatic rings. The Bertz CT molecular complexity index is 935. The Morgan fingerprint density at radius 3 is 2.47 bits per heavy atom. The minimum Gasteiger partial charge on any atom is -0.333 e. The van der Waals surface area contributed by atoms with Crippen LogP contribution in [0.2, 0.25) is 0 Å². The molecule has 1 N–H and O–H groups in total. The number of nitrogens with zero attached hydrogens (tertiary/aromatic N) is 5. The molecular weight excluding hydrogens is 424 g/mol. The summed E-state index contributed by atoms with van der Waals surface area (Å²) in [5, 5.41) is 3.17. The Morgan fingerprint density at radius 2 is 1.97 bits per heavy atom. The molecule has 8 nitrogen and oxygen atoms in total. The van der Waals surface area contributed by atoms with Crippen LogP contribution < -0.4 is 5.32 Å². The van der Waals surface area contributed by atoms with Gasteiger partial charge < -0.3 is 5.32 Å². The van der Waals surface area contributed by atoms with Gasteiger partial charge in [0.05, 0.1) is 21.4 Å². The highest BCUT2D eigenvalue weighted by Crippen LogP contribution is 2.20. The number of amidine groups is 2.